The van der Waals surface area contributed by atoms with E-state index in [0.717, 1.165) is 10.1 Å². The Kier molecular flexibility index (Phi) is 5.34. The highest BCUT2D eigenvalue weighted by Crippen LogP contribution is 2.08. The van der Waals surface area contributed by atoms with Crippen LogP contribution in [0.4, 0.5) is 4.79 Å². The van der Waals surface area contributed by atoms with E-state index in [4.69, 9.17) is 5.73 Å². The number of amides is 2. The van der Waals surface area contributed by atoms with Crippen LogP contribution in [-0.2, 0) is 27.1 Å². The molecule has 1 aromatic carbocycles. The summed E-state index contributed by atoms with van der Waals surface area (Å²) in [6.07, 6.45) is 2.19. The van der Waals surface area contributed by atoms with Gasteiger partial charge in [0.05, 0.1) is 6.33 Å². The van der Waals surface area contributed by atoms with Crippen LogP contribution in [0.25, 0.3) is 11.2 Å². The van der Waals surface area contributed by atoms with Gasteiger partial charge in [0.15, 0.2) is 11.2 Å². The summed E-state index contributed by atoms with van der Waals surface area (Å²) in [7, 11) is 3.00. The molecular weight excluding hydrogens is 360 g/mol. The predicted molar refractivity (Wildman–Crippen MR) is 106 cm³/mol. The maximum atomic E-state index is 12.5. The predicted octanol–water partition coefficient (Wildman–Crippen LogP) is 0.366. The van der Waals surface area contributed by atoms with E-state index in [-0.39, 0.29) is 0 Å². The number of rotatable bonds is 6. The van der Waals surface area contributed by atoms with Gasteiger partial charge in [0.2, 0.25) is 0 Å². The first-order valence-electron chi connectivity index (χ1n) is 9.00. The average Bonchev–Trinajstić information content (AvgIpc) is 3.10. The molecule has 2 amide bonds. The van der Waals surface area contributed by atoms with Crippen LogP contribution in [0.1, 0.15) is 11.1 Å². The normalized spacial score (nSPS) is 11.1. The minimum atomic E-state index is -0.517. The van der Waals surface area contributed by atoms with Crippen molar-refractivity contribution >= 4 is 17.2 Å². The van der Waals surface area contributed by atoms with E-state index < -0.39 is 17.3 Å². The first-order chi connectivity index (χ1) is 13.3. The van der Waals surface area contributed by atoms with Gasteiger partial charge in [-0.15, -0.1) is 0 Å². The van der Waals surface area contributed by atoms with Crippen molar-refractivity contribution in [2.24, 2.45) is 19.8 Å². The van der Waals surface area contributed by atoms with Gasteiger partial charge in [-0.1, -0.05) is 29.8 Å². The lowest BCUT2D eigenvalue weighted by Crippen LogP contribution is -2.40. The third-order valence-electron chi connectivity index (χ3n) is 4.93. The van der Waals surface area contributed by atoms with Gasteiger partial charge in [0.25, 0.3) is 5.56 Å². The first kappa shape index (κ1) is 19.4. The molecule has 3 aromatic rings. The maximum Gasteiger partial charge on any atom is 0.332 e. The molecular formula is C19H24N6O3. The highest BCUT2D eigenvalue weighted by molar-refractivity contribution is 5.72. The Morgan fingerprint density at radius 2 is 1.79 bits per heavy atom. The molecule has 0 fully saturated rings. The summed E-state index contributed by atoms with van der Waals surface area (Å²) in [6, 6.07) is 7.60. The summed E-state index contributed by atoms with van der Waals surface area (Å²) in [5.74, 6) is 0. The second-order valence-corrected chi connectivity index (χ2v) is 6.88. The van der Waals surface area contributed by atoms with Gasteiger partial charge < -0.3 is 15.2 Å². The summed E-state index contributed by atoms with van der Waals surface area (Å²) in [5.41, 5.74) is 7.62. The Morgan fingerprint density at radius 1 is 1.11 bits per heavy atom. The zero-order chi connectivity index (χ0) is 20.4. The Labute approximate surface area is 161 Å². The van der Waals surface area contributed by atoms with Crippen molar-refractivity contribution in [1.82, 2.24) is 23.6 Å². The number of carbonyl (C=O) groups is 1. The lowest BCUT2D eigenvalue weighted by molar-refractivity contribution is 0.206. The van der Waals surface area contributed by atoms with Crippen molar-refractivity contribution in [3.05, 3.63) is 62.6 Å². The smallest absolute Gasteiger partial charge is 0.332 e. The largest absolute Gasteiger partial charge is 0.351 e. The number of benzene rings is 1. The van der Waals surface area contributed by atoms with Crippen molar-refractivity contribution in [3.63, 3.8) is 0 Å². The fourth-order valence-corrected chi connectivity index (χ4v) is 3.15. The Balaban J connectivity index is 1.77. The summed E-state index contributed by atoms with van der Waals surface area (Å²) >= 11 is 0. The lowest BCUT2D eigenvalue weighted by Gasteiger charge is -2.21. The van der Waals surface area contributed by atoms with Gasteiger partial charge in [-0.25, -0.2) is 14.6 Å². The van der Waals surface area contributed by atoms with Gasteiger partial charge >= 0.3 is 11.7 Å². The number of nitrogens with two attached hydrogens (primary N) is 1. The number of fused-ring (bicyclic) bond motifs is 1. The van der Waals surface area contributed by atoms with E-state index in [0.29, 0.717) is 37.2 Å². The van der Waals surface area contributed by atoms with E-state index in [2.05, 4.69) is 4.98 Å². The third kappa shape index (κ3) is 3.68. The van der Waals surface area contributed by atoms with Crippen LogP contribution >= 0.6 is 0 Å². The first-order valence-corrected chi connectivity index (χ1v) is 9.00. The number of imidazole rings is 1. The zero-order valence-corrected chi connectivity index (χ0v) is 16.3. The molecule has 0 aliphatic carbocycles. The molecule has 9 nitrogen and oxygen atoms in total. The van der Waals surface area contributed by atoms with E-state index in [1.807, 2.05) is 31.2 Å². The third-order valence-corrected chi connectivity index (χ3v) is 4.93. The zero-order valence-electron chi connectivity index (χ0n) is 16.3. The number of aryl methyl sites for hydroxylation is 2. The van der Waals surface area contributed by atoms with Gasteiger partial charge in [-0.2, -0.15) is 0 Å². The number of hydrogen-bond donors (Lipinski definition) is 1. The van der Waals surface area contributed by atoms with Gasteiger partial charge in [-0.3, -0.25) is 13.9 Å². The maximum absolute atomic E-state index is 12.5. The summed E-state index contributed by atoms with van der Waals surface area (Å²) in [4.78, 5) is 42.1. The molecule has 9 heteroatoms. The fraction of sp³-hybridized carbons (Fsp3) is 0.368. The number of aromatic nitrogens is 4. The fourth-order valence-electron chi connectivity index (χ4n) is 3.15. The molecule has 2 aromatic heterocycles. The van der Waals surface area contributed by atoms with Crippen LogP contribution in [0.15, 0.2) is 40.2 Å². The van der Waals surface area contributed by atoms with Gasteiger partial charge in [0, 0.05) is 33.7 Å². The second kappa shape index (κ2) is 7.71. The number of hydrogen-bond acceptors (Lipinski definition) is 4. The highest BCUT2D eigenvalue weighted by Gasteiger charge is 2.16. The topological polar surface area (TPSA) is 108 Å². The number of primary amides is 1. The average molecular weight is 384 g/mol. The number of urea groups is 1. The molecule has 2 N–H and O–H groups in total. The van der Waals surface area contributed by atoms with Crippen LogP contribution in [0.3, 0.4) is 0 Å². The summed E-state index contributed by atoms with van der Waals surface area (Å²) in [6.45, 7) is 3.18. The Hall–Kier alpha value is -3.36. The molecule has 0 radical (unpaired) electrons. The number of nitrogens with zero attached hydrogens (tertiary/aromatic N) is 5. The molecule has 0 unspecified atom stereocenters. The van der Waals surface area contributed by atoms with Crippen LogP contribution in [-0.4, -0.2) is 42.7 Å². The molecule has 0 aliphatic heterocycles. The van der Waals surface area contributed by atoms with Crippen LogP contribution in [0, 0.1) is 6.92 Å². The molecule has 0 aliphatic rings. The second-order valence-electron chi connectivity index (χ2n) is 6.88. The van der Waals surface area contributed by atoms with Crippen molar-refractivity contribution in [2.75, 3.05) is 13.1 Å². The molecule has 0 bridgehead atoms. The molecule has 0 saturated carbocycles. The van der Waals surface area contributed by atoms with Gasteiger partial charge in [0.1, 0.15) is 0 Å². The molecule has 3 rings (SSSR count). The lowest BCUT2D eigenvalue weighted by atomic mass is 10.1. The van der Waals surface area contributed by atoms with E-state index in [1.165, 1.54) is 28.4 Å². The monoisotopic (exact) mass is 384 g/mol. The molecule has 148 valence electrons. The standard InChI is InChI=1S/C19H24N6O3/c1-13-4-6-14(7-5-13)8-9-24(18(20)27)10-11-25-12-21-16-15(25)17(26)23(3)19(28)22(16)2/h4-7,12H,8-11H2,1-3H3,(H2,20,27). The highest BCUT2D eigenvalue weighted by atomic mass is 16.2. The van der Waals surface area contributed by atoms with Crippen molar-refractivity contribution in [2.45, 2.75) is 19.9 Å². The van der Waals surface area contributed by atoms with Gasteiger partial charge in [-0.05, 0) is 18.9 Å². The van der Waals surface area contributed by atoms with E-state index in [9.17, 15) is 14.4 Å². The molecule has 2 heterocycles. The van der Waals surface area contributed by atoms with Crippen molar-refractivity contribution < 1.29 is 4.79 Å². The van der Waals surface area contributed by atoms with Crippen LogP contribution in [0.2, 0.25) is 0 Å². The summed E-state index contributed by atoms with van der Waals surface area (Å²) < 4.78 is 4.03. The molecule has 0 spiro atoms. The Bertz CT molecular complexity index is 1120. The SMILES string of the molecule is Cc1ccc(CCN(CCn2cnc3c2c(=O)n(C)c(=O)n3C)C(N)=O)cc1. The van der Waals surface area contributed by atoms with E-state index in [1.54, 1.807) is 11.6 Å². The molecule has 0 atom stereocenters. The van der Waals surface area contributed by atoms with E-state index >= 15 is 0 Å². The summed E-state index contributed by atoms with van der Waals surface area (Å²) in [5, 5.41) is 0. The Morgan fingerprint density at radius 3 is 2.43 bits per heavy atom. The molecule has 0 saturated heterocycles. The quantitative estimate of drug-likeness (QED) is 0.662. The van der Waals surface area contributed by atoms with Crippen molar-refractivity contribution in [3.8, 4) is 0 Å². The van der Waals surface area contributed by atoms with Crippen LogP contribution in [0.5, 0.6) is 0 Å². The number of carbonyl (C=O) groups excluding carboxylic acids is 1. The minimum absolute atomic E-state index is 0.318. The molecule has 28 heavy (non-hydrogen) atoms. The minimum Gasteiger partial charge on any atom is -0.351 e. The van der Waals surface area contributed by atoms with Crippen molar-refractivity contribution in [1.29, 1.82) is 0 Å². The van der Waals surface area contributed by atoms with Crippen LogP contribution < -0.4 is 17.0 Å².